The molecule has 0 unspecified atom stereocenters. The van der Waals surface area contributed by atoms with E-state index < -0.39 is 8.32 Å². The minimum absolute atomic E-state index is 0.0436. The predicted octanol–water partition coefficient (Wildman–Crippen LogP) is 6.08. The van der Waals surface area contributed by atoms with Crippen molar-refractivity contribution in [1.29, 1.82) is 0 Å². The van der Waals surface area contributed by atoms with Crippen molar-refractivity contribution in [2.45, 2.75) is 84.6 Å². The summed E-state index contributed by atoms with van der Waals surface area (Å²) in [5.41, 5.74) is 3.55. The fourth-order valence-electron chi connectivity index (χ4n) is 5.27. The van der Waals surface area contributed by atoms with E-state index in [2.05, 4.69) is 56.4 Å². The smallest absolute Gasteiger partial charge is 0.251 e. The zero-order chi connectivity index (χ0) is 27.8. The van der Waals surface area contributed by atoms with Crippen LogP contribution in [0.1, 0.15) is 75.0 Å². The highest BCUT2D eigenvalue weighted by atomic mass is 28.4. The van der Waals surface area contributed by atoms with E-state index in [1.165, 1.54) is 0 Å². The summed E-state index contributed by atoms with van der Waals surface area (Å²) in [4.78, 5) is 32.6. The summed E-state index contributed by atoms with van der Waals surface area (Å²) < 4.78 is 6.22. The quantitative estimate of drug-likeness (QED) is 0.316. The highest BCUT2D eigenvalue weighted by Gasteiger charge is 2.47. The lowest BCUT2D eigenvalue weighted by Gasteiger charge is -2.46. The summed E-state index contributed by atoms with van der Waals surface area (Å²) in [6.07, 6.45) is 4.09. The maximum absolute atomic E-state index is 13.2. The molecule has 1 aromatic heterocycles. The number of aryl methyl sites for hydroxylation is 1. The lowest BCUT2D eigenvalue weighted by Crippen LogP contribution is -2.51. The molecule has 3 atom stereocenters. The summed E-state index contributed by atoms with van der Waals surface area (Å²) in [6.45, 7) is 17.9. The molecule has 0 radical (unpaired) electrons. The third-order valence-electron chi connectivity index (χ3n) is 8.57. The van der Waals surface area contributed by atoms with Crippen LogP contribution in [0.25, 0.3) is 0 Å². The predicted molar refractivity (Wildman–Crippen MR) is 156 cm³/mol. The number of amides is 2. The van der Waals surface area contributed by atoms with Gasteiger partial charge in [-0.15, -0.1) is 0 Å². The fraction of sp³-hybridized carbons (Fsp3) is 0.567. The molecule has 2 aliphatic rings. The largest absolute Gasteiger partial charge is 0.415 e. The van der Waals surface area contributed by atoms with Crippen molar-refractivity contribution in [3.63, 3.8) is 0 Å². The highest BCUT2D eigenvalue weighted by Crippen LogP contribution is 2.50. The minimum atomic E-state index is -1.87. The SMILES string of the molecule is CC(=O)N1c2ccc(C(=O)NCCO[Si](C)(C)C(C)(C)C)cc2[C@H](Nc2cc(C)ccn2)[C@@H](C)[C@@H]1C1CC1. The van der Waals surface area contributed by atoms with Crippen molar-refractivity contribution in [3.05, 3.63) is 53.2 Å². The number of nitrogens with one attached hydrogen (secondary N) is 2. The van der Waals surface area contributed by atoms with Crippen molar-refractivity contribution in [2.24, 2.45) is 11.8 Å². The van der Waals surface area contributed by atoms with E-state index in [9.17, 15) is 9.59 Å². The Morgan fingerprint density at radius 3 is 2.47 bits per heavy atom. The molecule has 7 nitrogen and oxygen atoms in total. The average Bonchev–Trinajstić information content (AvgIpc) is 3.67. The minimum Gasteiger partial charge on any atom is -0.415 e. The van der Waals surface area contributed by atoms with Gasteiger partial charge in [-0.3, -0.25) is 9.59 Å². The highest BCUT2D eigenvalue weighted by molar-refractivity contribution is 6.74. The topological polar surface area (TPSA) is 83.6 Å². The Kier molecular flexibility index (Phi) is 8.05. The van der Waals surface area contributed by atoms with Gasteiger partial charge in [-0.1, -0.05) is 27.7 Å². The maximum atomic E-state index is 13.2. The van der Waals surface area contributed by atoms with Crippen LogP contribution in [0.3, 0.4) is 0 Å². The molecule has 0 bridgehead atoms. The van der Waals surface area contributed by atoms with E-state index in [1.54, 1.807) is 6.92 Å². The second kappa shape index (κ2) is 10.8. The average molecular weight is 537 g/mol. The molecule has 1 aromatic carbocycles. The van der Waals surface area contributed by atoms with Crippen LogP contribution in [0.5, 0.6) is 0 Å². The third-order valence-corrected chi connectivity index (χ3v) is 13.1. The van der Waals surface area contributed by atoms with E-state index in [0.717, 1.165) is 35.5 Å². The molecule has 2 heterocycles. The van der Waals surface area contributed by atoms with E-state index in [1.807, 2.05) is 48.4 Å². The number of hydrogen-bond donors (Lipinski definition) is 2. The summed E-state index contributed by atoms with van der Waals surface area (Å²) in [6, 6.07) is 9.78. The van der Waals surface area contributed by atoms with Crippen LogP contribution in [-0.4, -0.2) is 44.3 Å². The molecule has 0 saturated heterocycles. The Bertz CT molecular complexity index is 1190. The number of aromatic nitrogens is 1. The lowest BCUT2D eigenvalue weighted by atomic mass is 9.79. The van der Waals surface area contributed by atoms with Gasteiger partial charge in [0.15, 0.2) is 8.32 Å². The molecule has 206 valence electrons. The fourth-order valence-corrected chi connectivity index (χ4v) is 6.32. The molecule has 2 amide bonds. The number of pyridine rings is 1. The van der Waals surface area contributed by atoms with Gasteiger partial charge in [0, 0.05) is 42.9 Å². The number of fused-ring (bicyclic) bond motifs is 1. The number of hydrogen-bond acceptors (Lipinski definition) is 5. The van der Waals surface area contributed by atoms with Gasteiger partial charge in [0.25, 0.3) is 5.91 Å². The van der Waals surface area contributed by atoms with E-state index in [0.29, 0.717) is 24.6 Å². The van der Waals surface area contributed by atoms with Gasteiger partial charge in [0.05, 0.1) is 12.6 Å². The van der Waals surface area contributed by atoms with E-state index >= 15 is 0 Å². The van der Waals surface area contributed by atoms with Gasteiger partial charge < -0.3 is 20.0 Å². The van der Waals surface area contributed by atoms with Crippen molar-refractivity contribution in [2.75, 3.05) is 23.4 Å². The van der Waals surface area contributed by atoms with Crippen LogP contribution >= 0.6 is 0 Å². The van der Waals surface area contributed by atoms with Crippen molar-refractivity contribution >= 4 is 31.6 Å². The molecule has 1 aliphatic heterocycles. The first-order valence-electron chi connectivity index (χ1n) is 13.9. The number of rotatable bonds is 8. The maximum Gasteiger partial charge on any atom is 0.251 e. The Morgan fingerprint density at radius 2 is 1.87 bits per heavy atom. The molecule has 0 spiro atoms. The molecule has 1 aliphatic carbocycles. The molecular weight excluding hydrogens is 492 g/mol. The van der Waals surface area contributed by atoms with Crippen molar-refractivity contribution < 1.29 is 14.0 Å². The van der Waals surface area contributed by atoms with Crippen LogP contribution in [0.2, 0.25) is 18.1 Å². The monoisotopic (exact) mass is 536 g/mol. The number of benzene rings is 1. The van der Waals surface area contributed by atoms with Crippen LogP contribution in [0.4, 0.5) is 11.5 Å². The van der Waals surface area contributed by atoms with Crippen molar-refractivity contribution in [1.82, 2.24) is 10.3 Å². The number of carbonyl (C=O) groups is 2. The lowest BCUT2D eigenvalue weighted by molar-refractivity contribution is -0.117. The van der Waals surface area contributed by atoms with E-state index in [4.69, 9.17) is 4.43 Å². The molecule has 2 aromatic rings. The van der Waals surface area contributed by atoms with Gasteiger partial charge in [0.2, 0.25) is 5.91 Å². The molecule has 1 saturated carbocycles. The summed E-state index contributed by atoms with van der Waals surface area (Å²) in [5, 5.41) is 6.81. The Labute approximate surface area is 228 Å². The summed E-state index contributed by atoms with van der Waals surface area (Å²) >= 11 is 0. The molecule has 4 rings (SSSR count). The molecule has 8 heteroatoms. The number of carbonyl (C=O) groups excluding carboxylic acids is 2. The molecule has 38 heavy (non-hydrogen) atoms. The second-order valence-corrected chi connectivity index (χ2v) is 17.4. The van der Waals surface area contributed by atoms with E-state index in [-0.39, 0.29) is 34.9 Å². The van der Waals surface area contributed by atoms with Gasteiger partial charge in [-0.2, -0.15) is 0 Å². The zero-order valence-corrected chi connectivity index (χ0v) is 25.2. The molecular formula is C30H44N4O3Si. The molecule has 2 N–H and O–H groups in total. The first-order chi connectivity index (χ1) is 17.8. The summed E-state index contributed by atoms with van der Waals surface area (Å²) in [5.74, 6) is 1.36. The van der Waals surface area contributed by atoms with Crippen molar-refractivity contribution in [3.8, 4) is 0 Å². The van der Waals surface area contributed by atoms with Gasteiger partial charge in [0.1, 0.15) is 5.82 Å². The number of nitrogens with zero attached hydrogens (tertiary/aromatic N) is 2. The van der Waals surface area contributed by atoms with Crippen LogP contribution in [0.15, 0.2) is 36.5 Å². The second-order valence-electron chi connectivity index (χ2n) is 12.6. The summed E-state index contributed by atoms with van der Waals surface area (Å²) in [7, 11) is -1.87. The zero-order valence-electron chi connectivity index (χ0n) is 24.2. The normalized spacial score (nSPS) is 21.6. The van der Waals surface area contributed by atoms with Gasteiger partial charge in [-0.05, 0) is 85.3 Å². The third kappa shape index (κ3) is 5.96. The standard InChI is InChI=1S/C30H44N4O3Si/c1-19-13-14-31-26(17-19)33-27-20(2)28(22-9-10-22)34(21(3)35)25-12-11-23(18-24(25)27)29(36)32-15-16-37-38(7,8)30(4,5)6/h11-14,17-18,20,22,27-28H,9-10,15-16H2,1-8H3,(H,31,33)(H,32,36)/t20-,27-,28-/m1/s1. The molecule has 1 fully saturated rings. The Hall–Kier alpha value is -2.71. The van der Waals surface area contributed by atoms with Gasteiger partial charge >= 0.3 is 0 Å². The van der Waals surface area contributed by atoms with Crippen LogP contribution in [0, 0.1) is 18.8 Å². The Balaban J connectivity index is 1.59. The first-order valence-corrected chi connectivity index (χ1v) is 16.8. The van der Waals surface area contributed by atoms with Crippen LogP contribution in [-0.2, 0) is 9.22 Å². The number of anilines is 2. The first kappa shape index (κ1) is 28.3. The van der Waals surface area contributed by atoms with Gasteiger partial charge in [-0.25, -0.2) is 4.98 Å². The van der Waals surface area contributed by atoms with Crippen LogP contribution < -0.4 is 15.5 Å². The Morgan fingerprint density at radius 1 is 1.16 bits per heavy atom.